The van der Waals surface area contributed by atoms with E-state index in [1.807, 2.05) is 24.3 Å². The molecule has 5 heteroatoms. The van der Waals surface area contributed by atoms with Gasteiger partial charge in [0.05, 0.1) is 11.3 Å². The Morgan fingerprint density at radius 2 is 1.64 bits per heavy atom. The van der Waals surface area contributed by atoms with E-state index < -0.39 is 11.7 Å². The molecule has 0 N–H and O–H groups in total. The van der Waals surface area contributed by atoms with E-state index in [0.29, 0.717) is 11.1 Å². The van der Waals surface area contributed by atoms with Gasteiger partial charge < -0.3 is 4.90 Å². The van der Waals surface area contributed by atoms with Gasteiger partial charge >= 0.3 is 6.18 Å². The highest BCUT2D eigenvalue weighted by molar-refractivity contribution is 6.35. The summed E-state index contributed by atoms with van der Waals surface area (Å²) in [7, 11) is 1.68. The van der Waals surface area contributed by atoms with Gasteiger partial charge in [-0.05, 0) is 29.8 Å². The average molecular weight is 303 g/mol. The SMILES string of the molecule is CN1C(=O)/C(=C\c2ccc(C(F)(F)F)cc2)c2ccccc21. The molecule has 22 heavy (non-hydrogen) atoms. The smallest absolute Gasteiger partial charge is 0.311 e. The van der Waals surface area contributed by atoms with E-state index in [9.17, 15) is 18.0 Å². The molecule has 2 aromatic carbocycles. The highest BCUT2D eigenvalue weighted by Gasteiger charge is 2.31. The van der Waals surface area contributed by atoms with Crippen LogP contribution < -0.4 is 4.90 Å². The Kier molecular flexibility index (Phi) is 3.28. The van der Waals surface area contributed by atoms with Crippen molar-refractivity contribution in [3.63, 3.8) is 0 Å². The number of amides is 1. The van der Waals surface area contributed by atoms with Gasteiger partial charge in [0.1, 0.15) is 0 Å². The molecule has 0 spiro atoms. The number of anilines is 1. The average Bonchev–Trinajstić information content (AvgIpc) is 2.73. The van der Waals surface area contributed by atoms with Crippen LogP contribution in [0.3, 0.4) is 0 Å². The van der Waals surface area contributed by atoms with E-state index >= 15 is 0 Å². The van der Waals surface area contributed by atoms with Gasteiger partial charge in [0.15, 0.2) is 0 Å². The highest BCUT2D eigenvalue weighted by Crippen LogP contribution is 2.36. The standard InChI is InChI=1S/C17H12F3NO/c1-21-15-5-3-2-4-13(15)14(16(21)22)10-11-6-8-12(9-7-11)17(18,19)20/h2-10H,1H3/b14-10-. The molecular weight excluding hydrogens is 291 g/mol. The minimum absolute atomic E-state index is 0.166. The van der Waals surface area contributed by atoms with Gasteiger partial charge in [-0.15, -0.1) is 0 Å². The van der Waals surface area contributed by atoms with Crippen molar-refractivity contribution in [1.82, 2.24) is 0 Å². The summed E-state index contributed by atoms with van der Waals surface area (Å²) < 4.78 is 37.7. The van der Waals surface area contributed by atoms with Crippen LogP contribution in [-0.2, 0) is 11.0 Å². The summed E-state index contributed by atoms with van der Waals surface area (Å²) in [6.07, 6.45) is -2.74. The van der Waals surface area contributed by atoms with E-state index in [1.165, 1.54) is 17.0 Å². The molecule has 0 saturated heterocycles. The summed E-state index contributed by atoms with van der Waals surface area (Å²) >= 11 is 0. The van der Waals surface area contributed by atoms with Crippen LogP contribution in [0, 0.1) is 0 Å². The summed E-state index contributed by atoms with van der Waals surface area (Å²) in [5, 5.41) is 0. The number of fused-ring (bicyclic) bond motifs is 1. The maximum absolute atomic E-state index is 12.6. The Morgan fingerprint density at radius 3 is 2.27 bits per heavy atom. The summed E-state index contributed by atoms with van der Waals surface area (Å²) in [5.41, 5.74) is 1.92. The third-order valence-electron chi connectivity index (χ3n) is 3.64. The van der Waals surface area contributed by atoms with Crippen LogP contribution in [-0.4, -0.2) is 13.0 Å². The van der Waals surface area contributed by atoms with E-state index in [1.54, 1.807) is 13.1 Å². The minimum Gasteiger partial charge on any atom is -0.311 e. The minimum atomic E-state index is -4.36. The number of hydrogen-bond acceptors (Lipinski definition) is 1. The van der Waals surface area contributed by atoms with Gasteiger partial charge in [-0.1, -0.05) is 30.3 Å². The van der Waals surface area contributed by atoms with Gasteiger partial charge in [0.25, 0.3) is 5.91 Å². The van der Waals surface area contributed by atoms with Crippen molar-refractivity contribution >= 4 is 23.2 Å². The van der Waals surface area contributed by atoms with Gasteiger partial charge in [-0.2, -0.15) is 13.2 Å². The third-order valence-corrected chi connectivity index (χ3v) is 3.64. The largest absolute Gasteiger partial charge is 0.416 e. The first-order chi connectivity index (χ1) is 10.4. The Labute approximate surface area is 125 Å². The van der Waals surface area contributed by atoms with E-state index in [0.717, 1.165) is 23.4 Å². The molecule has 0 saturated carbocycles. The maximum atomic E-state index is 12.6. The van der Waals surface area contributed by atoms with Crippen molar-refractivity contribution in [2.45, 2.75) is 6.18 Å². The molecule has 2 nitrogen and oxygen atoms in total. The van der Waals surface area contributed by atoms with Crippen LogP contribution in [0.1, 0.15) is 16.7 Å². The lowest BCUT2D eigenvalue weighted by Crippen LogP contribution is -2.20. The summed E-state index contributed by atoms with van der Waals surface area (Å²) in [6.45, 7) is 0. The fourth-order valence-electron chi connectivity index (χ4n) is 2.47. The molecule has 0 radical (unpaired) electrons. The van der Waals surface area contributed by atoms with Gasteiger partial charge in [0, 0.05) is 18.2 Å². The first kappa shape index (κ1) is 14.4. The number of halogens is 3. The third kappa shape index (κ3) is 2.39. The number of hydrogen-bond donors (Lipinski definition) is 0. The molecule has 1 amide bonds. The molecule has 3 rings (SSSR count). The zero-order valence-corrected chi connectivity index (χ0v) is 11.7. The first-order valence-electron chi connectivity index (χ1n) is 6.64. The molecule has 0 aromatic heterocycles. The normalized spacial score (nSPS) is 16.3. The maximum Gasteiger partial charge on any atom is 0.416 e. The first-order valence-corrected chi connectivity index (χ1v) is 6.64. The molecule has 0 atom stereocenters. The predicted octanol–water partition coefficient (Wildman–Crippen LogP) is 4.22. The Hall–Kier alpha value is -2.56. The Morgan fingerprint density at radius 1 is 1.00 bits per heavy atom. The van der Waals surface area contributed by atoms with Crippen molar-refractivity contribution in [2.24, 2.45) is 0 Å². The fraction of sp³-hybridized carbons (Fsp3) is 0.118. The summed E-state index contributed by atoms with van der Waals surface area (Å²) in [5.74, 6) is -0.166. The summed E-state index contributed by atoms with van der Waals surface area (Å²) in [4.78, 5) is 13.8. The van der Waals surface area contributed by atoms with E-state index in [-0.39, 0.29) is 5.91 Å². The van der Waals surface area contributed by atoms with E-state index in [2.05, 4.69) is 0 Å². The molecule has 0 bridgehead atoms. The highest BCUT2D eigenvalue weighted by atomic mass is 19.4. The second kappa shape index (κ2) is 5.02. The quantitative estimate of drug-likeness (QED) is 0.722. The van der Waals surface area contributed by atoms with Crippen LogP contribution in [0.5, 0.6) is 0 Å². The zero-order chi connectivity index (χ0) is 15.9. The van der Waals surface area contributed by atoms with Crippen molar-refractivity contribution in [1.29, 1.82) is 0 Å². The zero-order valence-electron chi connectivity index (χ0n) is 11.7. The monoisotopic (exact) mass is 303 g/mol. The van der Waals surface area contributed by atoms with Gasteiger partial charge in [0.2, 0.25) is 0 Å². The van der Waals surface area contributed by atoms with Crippen LogP contribution in [0.4, 0.5) is 18.9 Å². The van der Waals surface area contributed by atoms with Crippen molar-refractivity contribution in [2.75, 3.05) is 11.9 Å². The van der Waals surface area contributed by atoms with Crippen LogP contribution in [0.2, 0.25) is 0 Å². The number of likely N-dealkylation sites (N-methyl/N-ethyl adjacent to an activating group) is 1. The topological polar surface area (TPSA) is 20.3 Å². The molecule has 1 aliphatic rings. The predicted molar refractivity (Wildman–Crippen MR) is 79.2 cm³/mol. The number of nitrogens with zero attached hydrogens (tertiary/aromatic N) is 1. The second-order valence-electron chi connectivity index (χ2n) is 5.06. The number of carbonyl (C=O) groups is 1. The number of rotatable bonds is 1. The van der Waals surface area contributed by atoms with E-state index in [4.69, 9.17) is 0 Å². The summed E-state index contributed by atoms with van der Waals surface area (Å²) in [6, 6.07) is 12.1. The number of para-hydroxylation sites is 1. The lowest BCUT2D eigenvalue weighted by Gasteiger charge is -2.08. The Balaban J connectivity index is 2.01. The molecular formula is C17H12F3NO. The number of alkyl halides is 3. The molecule has 1 aliphatic heterocycles. The lowest BCUT2D eigenvalue weighted by atomic mass is 10.0. The van der Waals surface area contributed by atoms with Crippen molar-refractivity contribution in [3.05, 3.63) is 65.2 Å². The van der Waals surface area contributed by atoms with Gasteiger partial charge in [-0.25, -0.2) is 0 Å². The molecule has 112 valence electrons. The molecule has 2 aromatic rings. The van der Waals surface area contributed by atoms with Crippen molar-refractivity contribution in [3.8, 4) is 0 Å². The van der Waals surface area contributed by atoms with Crippen LogP contribution in [0.15, 0.2) is 48.5 Å². The van der Waals surface area contributed by atoms with Crippen LogP contribution >= 0.6 is 0 Å². The van der Waals surface area contributed by atoms with Crippen LogP contribution in [0.25, 0.3) is 11.6 Å². The molecule has 0 aliphatic carbocycles. The molecule has 0 fully saturated rings. The fourth-order valence-corrected chi connectivity index (χ4v) is 2.47. The molecule has 1 heterocycles. The Bertz CT molecular complexity index is 760. The lowest BCUT2D eigenvalue weighted by molar-refractivity contribution is -0.137. The molecule has 0 unspecified atom stereocenters. The van der Waals surface area contributed by atoms with Gasteiger partial charge in [-0.3, -0.25) is 4.79 Å². The number of benzene rings is 2. The van der Waals surface area contributed by atoms with Crippen molar-refractivity contribution < 1.29 is 18.0 Å². The second-order valence-corrected chi connectivity index (χ2v) is 5.06. The number of carbonyl (C=O) groups excluding carboxylic acids is 1.